The van der Waals surface area contributed by atoms with Crippen LogP contribution >= 0.6 is 0 Å². The molecule has 0 unspecified atom stereocenters. The molecule has 2 aliphatic heterocycles. The second-order valence-corrected chi connectivity index (χ2v) is 5.78. The topological polar surface area (TPSA) is 87.0 Å². The van der Waals surface area contributed by atoms with E-state index >= 15 is 0 Å². The molecule has 0 amide bonds. The number of hydrogen-bond acceptors (Lipinski definition) is 4. The van der Waals surface area contributed by atoms with Crippen molar-refractivity contribution in [3.63, 3.8) is 0 Å². The van der Waals surface area contributed by atoms with Crippen LogP contribution < -0.4 is 0 Å². The number of rotatable bonds is 3. The number of carboxylic acid groups (broad SMARTS) is 1. The first-order valence-corrected chi connectivity index (χ1v) is 6.94. The minimum absolute atomic E-state index is 0.291. The zero-order valence-electron chi connectivity index (χ0n) is 9.29. The lowest BCUT2D eigenvalue weighted by Gasteiger charge is -2.26. The third-order valence-electron chi connectivity index (χ3n) is 2.93. The molecule has 17 heavy (non-hydrogen) atoms. The van der Waals surface area contributed by atoms with E-state index in [2.05, 4.69) is 9.30 Å². The van der Waals surface area contributed by atoms with Gasteiger partial charge in [0, 0.05) is 18.3 Å². The highest BCUT2D eigenvalue weighted by molar-refractivity contribution is 7.95. The predicted octanol–water partition coefficient (Wildman–Crippen LogP) is 0.225. The molecule has 7 heteroatoms. The number of carbonyl (C=O) groups is 1. The SMILES string of the molecule is O=C(O)C1=C(CN2CCCCC2)C=NS1(=O)=O. The highest BCUT2D eigenvalue weighted by atomic mass is 32.2. The summed E-state index contributed by atoms with van der Waals surface area (Å²) >= 11 is 0. The van der Waals surface area contributed by atoms with E-state index in [4.69, 9.17) is 5.11 Å². The minimum Gasteiger partial charge on any atom is -0.477 e. The Labute approximate surface area is 99.7 Å². The van der Waals surface area contributed by atoms with Crippen molar-refractivity contribution in [2.75, 3.05) is 19.6 Å². The summed E-state index contributed by atoms with van der Waals surface area (Å²) in [5, 5.41) is 8.91. The van der Waals surface area contributed by atoms with Crippen LogP contribution in [0.15, 0.2) is 14.9 Å². The van der Waals surface area contributed by atoms with Gasteiger partial charge in [0.25, 0.3) is 10.0 Å². The Morgan fingerprint density at radius 3 is 2.59 bits per heavy atom. The summed E-state index contributed by atoms with van der Waals surface area (Å²) < 4.78 is 26.1. The number of likely N-dealkylation sites (tertiary alicyclic amines) is 1. The standard InChI is InChI=1S/C10H14N2O4S/c13-10(14)9-8(6-11-17(9,15)16)7-12-4-2-1-3-5-12/h6H,1-5,7H2,(H,13,14). The van der Waals surface area contributed by atoms with E-state index in [1.54, 1.807) is 0 Å². The first kappa shape index (κ1) is 12.3. The molecule has 94 valence electrons. The number of carboxylic acids is 1. The van der Waals surface area contributed by atoms with E-state index in [0.29, 0.717) is 12.1 Å². The van der Waals surface area contributed by atoms with Crippen molar-refractivity contribution in [1.29, 1.82) is 0 Å². The lowest BCUT2D eigenvalue weighted by Crippen LogP contribution is -2.32. The maximum absolute atomic E-state index is 11.4. The third kappa shape index (κ3) is 2.55. The van der Waals surface area contributed by atoms with Crippen LogP contribution in [-0.2, 0) is 14.8 Å². The molecule has 1 N–H and O–H groups in total. The van der Waals surface area contributed by atoms with Crippen LogP contribution in [0.4, 0.5) is 0 Å². The molecule has 1 saturated heterocycles. The quantitative estimate of drug-likeness (QED) is 0.782. The summed E-state index contributed by atoms with van der Waals surface area (Å²) in [4.78, 5) is 12.4. The molecule has 0 aromatic heterocycles. The maximum atomic E-state index is 11.4. The average molecular weight is 258 g/mol. The van der Waals surface area contributed by atoms with Crippen LogP contribution in [-0.4, -0.2) is 50.2 Å². The average Bonchev–Trinajstić information content (AvgIpc) is 2.55. The summed E-state index contributed by atoms with van der Waals surface area (Å²) in [7, 11) is -3.96. The monoisotopic (exact) mass is 258 g/mol. The van der Waals surface area contributed by atoms with Gasteiger partial charge >= 0.3 is 5.97 Å². The second-order valence-electron chi connectivity index (χ2n) is 4.21. The Morgan fingerprint density at radius 2 is 2.00 bits per heavy atom. The molecule has 0 bridgehead atoms. The van der Waals surface area contributed by atoms with Crippen LogP contribution in [0.1, 0.15) is 19.3 Å². The van der Waals surface area contributed by atoms with Crippen LogP contribution in [0.3, 0.4) is 0 Å². The molecule has 2 rings (SSSR count). The van der Waals surface area contributed by atoms with E-state index < -0.39 is 20.9 Å². The fourth-order valence-electron chi connectivity index (χ4n) is 2.13. The van der Waals surface area contributed by atoms with Crippen molar-refractivity contribution in [1.82, 2.24) is 4.90 Å². The Bertz CT molecular complexity index is 486. The van der Waals surface area contributed by atoms with E-state index in [-0.39, 0.29) is 0 Å². The largest absolute Gasteiger partial charge is 0.477 e. The highest BCUT2D eigenvalue weighted by Crippen LogP contribution is 2.22. The smallest absolute Gasteiger partial charge is 0.349 e. The van der Waals surface area contributed by atoms with Gasteiger partial charge in [0.15, 0.2) is 4.91 Å². The lowest BCUT2D eigenvalue weighted by atomic mass is 10.1. The van der Waals surface area contributed by atoms with Gasteiger partial charge in [0.05, 0.1) is 0 Å². The molecule has 0 aromatic carbocycles. The zero-order valence-corrected chi connectivity index (χ0v) is 10.1. The fourth-order valence-corrected chi connectivity index (χ4v) is 3.17. The molecule has 2 heterocycles. The fraction of sp³-hybridized carbons (Fsp3) is 0.600. The van der Waals surface area contributed by atoms with E-state index in [0.717, 1.165) is 32.1 Å². The van der Waals surface area contributed by atoms with Crippen LogP contribution in [0.2, 0.25) is 0 Å². The van der Waals surface area contributed by atoms with Gasteiger partial charge in [-0.3, -0.25) is 4.90 Å². The Kier molecular flexibility index (Phi) is 3.30. The first-order valence-electron chi connectivity index (χ1n) is 5.50. The molecule has 0 atom stereocenters. The van der Waals surface area contributed by atoms with Crippen molar-refractivity contribution in [2.24, 2.45) is 4.40 Å². The molecular weight excluding hydrogens is 244 g/mol. The van der Waals surface area contributed by atoms with E-state index in [1.807, 2.05) is 0 Å². The van der Waals surface area contributed by atoms with Gasteiger partial charge < -0.3 is 5.11 Å². The minimum atomic E-state index is -3.96. The molecule has 0 radical (unpaired) electrons. The lowest BCUT2D eigenvalue weighted by molar-refractivity contribution is -0.131. The van der Waals surface area contributed by atoms with Crippen LogP contribution in [0, 0.1) is 0 Å². The third-order valence-corrected chi connectivity index (χ3v) is 4.27. The van der Waals surface area contributed by atoms with Crippen molar-refractivity contribution in [2.45, 2.75) is 19.3 Å². The number of hydrogen-bond donors (Lipinski definition) is 1. The Hall–Kier alpha value is -1.21. The van der Waals surface area contributed by atoms with Crippen molar-refractivity contribution < 1.29 is 18.3 Å². The van der Waals surface area contributed by atoms with Crippen molar-refractivity contribution >= 4 is 22.2 Å². The van der Waals surface area contributed by atoms with Gasteiger partial charge in [-0.2, -0.15) is 12.8 Å². The normalized spacial score (nSPS) is 24.2. The Morgan fingerprint density at radius 1 is 1.35 bits per heavy atom. The van der Waals surface area contributed by atoms with Gasteiger partial charge in [-0.15, -0.1) is 0 Å². The van der Waals surface area contributed by atoms with Gasteiger partial charge in [0.1, 0.15) is 0 Å². The molecular formula is C10H14N2O4S. The zero-order chi connectivity index (χ0) is 12.5. The van der Waals surface area contributed by atoms with Gasteiger partial charge in [-0.05, 0) is 25.9 Å². The van der Waals surface area contributed by atoms with E-state index in [1.165, 1.54) is 6.42 Å². The van der Waals surface area contributed by atoms with Crippen LogP contribution in [0.25, 0.3) is 0 Å². The Balaban J connectivity index is 2.21. The molecule has 6 nitrogen and oxygen atoms in total. The number of piperidine rings is 1. The molecule has 0 aliphatic carbocycles. The predicted molar refractivity (Wildman–Crippen MR) is 62.4 cm³/mol. The van der Waals surface area contributed by atoms with Gasteiger partial charge in [-0.1, -0.05) is 6.42 Å². The highest BCUT2D eigenvalue weighted by Gasteiger charge is 2.32. The van der Waals surface area contributed by atoms with Gasteiger partial charge in [0.2, 0.25) is 0 Å². The summed E-state index contributed by atoms with van der Waals surface area (Å²) in [6.45, 7) is 2.11. The molecule has 0 aromatic rings. The van der Waals surface area contributed by atoms with Crippen molar-refractivity contribution in [3.05, 3.63) is 10.5 Å². The molecule has 2 aliphatic rings. The molecule has 0 saturated carbocycles. The van der Waals surface area contributed by atoms with Gasteiger partial charge in [-0.25, -0.2) is 4.79 Å². The van der Waals surface area contributed by atoms with E-state index in [9.17, 15) is 13.2 Å². The summed E-state index contributed by atoms with van der Waals surface area (Å²) in [5.74, 6) is -1.42. The summed E-state index contributed by atoms with van der Waals surface area (Å²) in [6.07, 6.45) is 4.47. The number of sulfonamides is 1. The molecule has 0 spiro atoms. The first-order chi connectivity index (χ1) is 8.00. The maximum Gasteiger partial charge on any atom is 0.349 e. The van der Waals surface area contributed by atoms with Crippen molar-refractivity contribution in [3.8, 4) is 0 Å². The number of aliphatic carboxylic acids is 1. The second kappa shape index (κ2) is 4.58. The molecule has 1 fully saturated rings. The summed E-state index contributed by atoms with van der Waals surface area (Å²) in [5.41, 5.74) is 0.291. The van der Waals surface area contributed by atoms with Crippen LogP contribution in [0.5, 0.6) is 0 Å². The number of nitrogens with zero attached hydrogens (tertiary/aromatic N) is 2. The summed E-state index contributed by atoms with van der Waals surface area (Å²) in [6, 6.07) is 0.